The molecule has 2 aliphatic heterocycles. The van der Waals surface area contributed by atoms with Crippen LogP contribution in [0.5, 0.6) is 0 Å². The third kappa shape index (κ3) is 2.56. The highest BCUT2D eigenvalue weighted by Crippen LogP contribution is 2.32. The number of nitrogens with one attached hydrogen (secondary N) is 1. The molecule has 3 nitrogen and oxygen atoms in total. The van der Waals surface area contributed by atoms with Crippen LogP contribution in [0.3, 0.4) is 0 Å². The van der Waals surface area contributed by atoms with Gasteiger partial charge >= 0.3 is 0 Å². The second-order valence-electron chi connectivity index (χ2n) is 5.51. The average molecular weight is 221 g/mol. The Morgan fingerprint density at radius 2 is 2.00 bits per heavy atom. The molecule has 0 aromatic rings. The molecule has 16 heavy (non-hydrogen) atoms. The van der Waals surface area contributed by atoms with E-state index >= 15 is 0 Å². The van der Waals surface area contributed by atoms with Gasteiger partial charge in [0.2, 0.25) is 0 Å². The maximum absolute atomic E-state index is 8.77. The lowest BCUT2D eigenvalue weighted by atomic mass is 9.82. The minimum absolute atomic E-state index is 0.138. The molecule has 3 heteroatoms. The van der Waals surface area contributed by atoms with E-state index in [-0.39, 0.29) is 5.92 Å². The van der Waals surface area contributed by atoms with Gasteiger partial charge in [-0.15, -0.1) is 0 Å². The Balaban J connectivity index is 1.83. The van der Waals surface area contributed by atoms with E-state index in [1.165, 1.54) is 32.1 Å². The van der Waals surface area contributed by atoms with Gasteiger partial charge in [-0.3, -0.25) is 0 Å². The molecule has 0 aliphatic carbocycles. The zero-order valence-corrected chi connectivity index (χ0v) is 10.4. The summed E-state index contributed by atoms with van der Waals surface area (Å²) in [4.78, 5) is 2.58. The van der Waals surface area contributed by atoms with E-state index in [0.717, 1.165) is 18.6 Å². The van der Waals surface area contributed by atoms with E-state index in [1.54, 1.807) is 0 Å². The second-order valence-corrected chi connectivity index (χ2v) is 5.51. The molecule has 2 heterocycles. The van der Waals surface area contributed by atoms with Crippen LogP contribution in [0.25, 0.3) is 0 Å². The minimum Gasteiger partial charge on any atom is -0.313 e. The quantitative estimate of drug-likeness (QED) is 0.789. The molecule has 0 spiro atoms. The van der Waals surface area contributed by atoms with Crippen molar-refractivity contribution in [2.75, 3.05) is 13.6 Å². The molecule has 90 valence electrons. The largest absolute Gasteiger partial charge is 0.313 e. The van der Waals surface area contributed by atoms with E-state index in [2.05, 4.69) is 23.3 Å². The van der Waals surface area contributed by atoms with Crippen LogP contribution in [0.15, 0.2) is 0 Å². The number of hydrogen-bond donors (Lipinski definition) is 1. The van der Waals surface area contributed by atoms with Gasteiger partial charge in [0.1, 0.15) is 0 Å². The summed E-state index contributed by atoms with van der Waals surface area (Å²) < 4.78 is 0. The van der Waals surface area contributed by atoms with Crippen molar-refractivity contribution in [3.8, 4) is 6.07 Å². The molecule has 0 aromatic carbocycles. The molecule has 0 amide bonds. The number of hydrogen-bond acceptors (Lipinski definition) is 3. The SMILES string of the molecule is CC(C#N)CNC1CC2CCCC(C1)N2C. The second kappa shape index (κ2) is 5.16. The number of rotatable bonds is 3. The van der Waals surface area contributed by atoms with Gasteiger partial charge in [-0.2, -0.15) is 5.26 Å². The maximum Gasteiger partial charge on any atom is 0.0666 e. The Labute approximate surface area is 98.8 Å². The molecule has 0 aromatic heterocycles. The lowest BCUT2D eigenvalue weighted by Crippen LogP contribution is -2.54. The number of piperidine rings is 2. The first-order valence-corrected chi connectivity index (χ1v) is 6.55. The van der Waals surface area contributed by atoms with Gasteiger partial charge in [-0.25, -0.2) is 0 Å². The van der Waals surface area contributed by atoms with Crippen LogP contribution in [-0.4, -0.2) is 36.6 Å². The van der Waals surface area contributed by atoms with Crippen LogP contribution in [0.1, 0.15) is 39.0 Å². The lowest BCUT2D eigenvalue weighted by molar-refractivity contribution is 0.0483. The molecule has 2 saturated heterocycles. The first kappa shape index (κ1) is 11.9. The summed E-state index contributed by atoms with van der Waals surface area (Å²) in [5.74, 6) is 0.138. The summed E-state index contributed by atoms with van der Waals surface area (Å²) in [6.07, 6.45) is 6.66. The first-order valence-electron chi connectivity index (χ1n) is 6.55. The third-order valence-corrected chi connectivity index (χ3v) is 4.27. The third-order valence-electron chi connectivity index (χ3n) is 4.27. The van der Waals surface area contributed by atoms with Gasteiger partial charge in [0.25, 0.3) is 0 Å². The predicted octanol–water partition coefficient (Wildman–Crippen LogP) is 1.75. The van der Waals surface area contributed by atoms with Gasteiger partial charge in [0.05, 0.1) is 12.0 Å². The van der Waals surface area contributed by atoms with Crippen molar-refractivity contribution in [2.45, 2.75) is 57.2 Å². The Bertz CT molecular complexity index is 257. The zero-order valence-electron chi connectivity index (χ0n) is 10.4. The summed E-state index contributed by atoms with van der Waals surface area (Å²) in [7, 11) is 2.28. The minimum atomic E-state index is 0.138. The fourth-order valence-electron chi connectivity index (χ4n) is 3.17. The Kier molecular flexibility index (Phi) is 3.83. The highest BCUT2D eigenvalue weighted by atomic mass is 15.2. The van der Waals surface area contributed by atoms with Crippen LogP contribution in [-0.2, 0) is 0 Å². The van der Waals surface area contributed by atoms with E-state index in [0.29, 0.717) is 6.04 Å². The molecular formula is C13H23N3. The average Bonchev–Trinajstić information content (AvgIpc) is 2.26. The van der Waals surface area contributed by atoms with E-state index < -0.39 is 0 Å². The van der Waals surface area contributed by atoms with E-state index in [9.17, 15) is 0 Å². The zero-order chi connectivity index (χ0) is 11.5. The molecule has 3 atom stereocenters. The van der Waals surface area contributed by atoms with Gasteiger partial charge in [0.15, 0.2) is 0 Å². The van der Waals surface area contributed by atoms with Crippen molar-refractivity contribution in [2.24, 2.45) is 5.92 Å². The molecule has 2 aliphatic rings. The van der Waals surface area contributed by atoms with Crippen LogP contribution >= 0.6 is 0 Å². The number of fused-ring (bicyclic) bond motifs is 2. The summed E-state index contributed by atoms with van der Waals surface area (Å²) in [6.45, 7) is 2.84. The lowest BCUT2D eigenvalue weighted by Gasteiger charge is -2.47. The smallest absolute Gasteiger partial charge is 0.0666 e. The summed E-state index contributed by atoms with van der Waals surface area (Å²) in [5, 5.41) is 12.3. The first-order chi connectivity index (χ1) is 7.70. The Hall–Kier alpha value is -0.590. The van der Waals surface area contributed by atoms with E-state index in [4.69, 9.17) is 5.26 Å². The number of nitriles is 1. The van der Waals surface area contributed by atoms with Crippen LogP contribution in [0.4, 0.5) is 0 Å². The number of nitrogens with zero attached hydrogens (tertiary/aromatic N) is 2. The standard InChI is InChI=1S/C13H23N3/c1-10(8-14)9-15-11-6-12-4-3-5-13(7-11)16(12)2/h10-13,15H,3-7,9H2,1-2H3. The van der Waals surface area contributed by atoms with Gasteiger partial charge < -0.3 is 10.2 Å². The molecule has 0 radical (unpaired) electrons. The Morgan fingerprint density at radius 3 is 2.56 bits per heavy atom. The molecule has 3 unspecified atom stereocenters. The predicted molar refractivity (Wildman–Crippen MR) is 65.0 cm³/mol. The van der Waals surface area contributed by atoms with Crippen molar-refractivity contribution in [3.05, 3.63) is 0 Å². The van der Waals surface area contributed by atoms with Crippen LogP contribution in [0, 0.1) is 17.2 Å². The highest BCUT2D eigenvalue weighted by Gasteiger charge is 2.35. The Morgan fingerprint density at radius 1 is 1.38 bits per heavy atom. The summed E-state index contributed by atoms with van der Waals surface area (Å²) in [6, 6.07) is 4.49. The molecule has 0 saturated carbocycles. The van der Waals surface area contributed by atoms with Crippen molar-refractivity contribution in [1.82, 2.24) is 10.2 Å². The fourth-order valence-corrected chi connectivity index (χ4v) is 3.17. The van der Waals surface area contributed by atoms with Crippen LogP contribution in [0.2, 0.25) is 0 Å². The van der Waals surface area contributed by atoms with Crippen molar-refractivity contribution >= 4 is 0 Å². The van der Waals surface area contributed by atoms with Crippen molar-refractivity contribution in [3.63, 3.8) is 0 Å². The molecule has 2 rings (SSSR count). The maximum atomic E-state index is 8.77. The molecule has 1 N–H and O–H groups in total. The highest BCUT2D eigenvalue weighted by molar-refractivity contribution is 4.94. The molecule has 2 bridgehead atoms. The van der Waals surface area contributed by atoms with Gasteiger partial charge in [0, 0.05) is 24.7 Å². The molecule has 2 fully saturated rings. The van der Waals surface area contributed by atoms with Crippen molar-refractivity contribution < 1.29 is 0 Å². The monoisotopic (exact) mass is 221 g/mol. The van der Waals surface area contributed by atoms with Crippen LogP contribution < -0.4 is 5.32 Å². The van der Waals surface area contributed by atoms with Gasteiger partial charge in [-0.1, -0.05) is 6.42 Å². The summed E-state index contributed by atoms with van der Waals surface area (Å²) >= 11 is 0. The van der Waals surface area contributed by atoms with Gasteiger partial charge in [-0.05, 0) is 39.7 Å². The van der Waals surface area contributed by atoms with E-state index in [1.807, 2.05) is 6.92 Å². The summed E-state index contributed by atoms with van der Waals surface area (Å²) in [5.41, 5.74) is 0. The fraction of sp³-hybridized carbons (Fsp3) is 0.923. The van der Waals surface area contributed by atoms with Crippen molar-refractivity contribution in [1.29, 1.82) is 5.26 Å². The topological polar surface area (TPSA) is 39.1 Å². The normalized spacial score (nSPS) is 36.7. The molecular weight excluding hydrogens is 198 g/mol.